The molecule has 124 valence electrons. The number of piperazine rings is 1. The maximum absolute atomic E-state index is 12.1. The number of sulfone groups is 1. The lowest BCUT2D eigenvalue weighted by Crippen LogP contribution is -2.60. The van der Waals surface area contributed by atoms with Gasteiger partial charge < -0.3 is 4.90 Å². The average molecular weight is 327 g/mol. The molecular formula is C15H25N3O3S. The zero-order chi connectivity index (χ0) is 16.3. The van der Waals surface area contributed by atoms with Gasteiger partial charge in [0.2, 0.25) is 5.91 Å². The number of amides is 1. The van der Waals surface area contributed by atoms with Gasteiger partial charge in [-0.15, -0.1) is 5.92 Å². The van der Waals surface area contributed by atoms with Crippen molar-refractivity contribution in [3.05, 3.63) is 0 Å². The maximum Gasteiger partial charge on any atom is 0.236 e. The quantitative estimate of drug-likeness (QED) is 0.640. The lowest BCUT2D eigenvalue weighted by molar-refractivity contribution is -0.131. The molecule has 1 amide bonds. The van der Waals surface area contributed by atoms with Gasteiger partial charge in [0.15, 0.2) is 9.84 Å². The minimum Gasteiger partial charge on any atom is -0.348 e. The molecule has 0 aromatic rings. The number of rotatable bonds is 3. The van der Waals surface area contributed by atoms with E-state index >= 15 is 0 Å². The summed E-state index contributed by atoms with van der Waals surface area (Å²) in [6.45, 7) is 4.37. The van der Waals surface area contributed by atoms with Crippen molar-refractivity contribution < 1.29 is 13.2 Å². The fraction of sp³-hybridized carbons (Fsp3) is 0.800. The van der Waals surface area contributed by atoms with Crippen molar-refractivity contribution in [2.45, 2.75) is 25.4 Å². The van der Waals surface area contributed by atoms with Crippen molar-refractivity contribution >= 4 is 15.7 Å². The first-order valence-corrected chi connectivity index (χ1v) is 9.50. The Balaban J connectivity index is 2.11. The van der Waals surface area contributed by atoms with E-state index in [9.17, 15) is 13.2 Å². The van der Waals surface area contributed by atoms with Crippen LogP contribution in [0.25, 0.3) is 0 Å². The summed E-state index contributed by atoms with van der Waals surface area (Å²) in [5.74, 6) is 6.49. The fourth-order valence-electron chi connectivity index (χ4n) is 3.09. The highest BCUT2D eigenvalue weighted by atomic mass is 32.2. The Morgan fingerprint density at radius 3 is 2.32 bits per heavy atom. The van der Waals surface area contributed by atoms with Gasteiger partial charge in [-0.2, -0.15) is 0 Å². The summed E-state index contributed by atoms with van der Waals surface area (Å²) in [5.41, 5.74) is 0. The second kappa shape index (κ2) is 6.99. The number of hydrogen-bond donors (Lipinski definition) is 0. The molecule has 2 aliphatic rings. The molecule has 2 fully saturated rings. The van der Waals surface area contributed by atoms with E-state index in [1.165, 1.54) is 0 Å². The van der Waals surface area contributed by atoms with Crippen molar-refractivity contribution in [3.8, 4) is 11.8 Å². The van der Waals surface area contributed by atoms with Gasteiger partial charge in [0.25, 0.3) is 0 Å². The summed E-state index contributed by atoms with van der Waals surface area (Å²) < 4.78 is 24.1. The molecule has 0 N–H and O–H groups in total. The summed E-state index contributed by atoms with van der Waals surface area (Å²) in [6, 6.07) is -0.133. The van der Waals surface area contributed by atoms with E-state index in [0.717, 1.165) is 13.0 Å². The Kier molecular flexibility index (Phi) is 5.48. The fourth-order valence-corrected chi connectivity index (χ4v) is 5.13. The average Bonchev–Trinajstić information content (AvgIpc) is 2.76. The first-order chi connectivity index (χ1) is 10.3. The van der Waals surface area contributed by atoms with Gasteiger partial charge in [0.1, 0.15) is 0 Å². The van der Waals surface area contributed by atoms with E-state index in [2.05, 4.69) is 16.7 Å². The molecule has 0 spiro atoms. The zero-order valence-electron chi connectivity index (χ0n) is 13.6. The Morgan fingerprint density at radius 2 is 1.73 bits per heavy atom. The third-order valence-electron chi connectivity index (χ3n) is 4.33. The van der Waals surface area contributed by atoms with Crippen LogP contribution in [-0.2, 0) is 14.6 Å². The van der Waals surface area contributed by atoms with Crippen LogP contribution >= 0.6 is 0 Å². The molecule has 7 heteroatoms. The number of likely N-dealkylation sites (N-methyl/N-ethyl adjacent to an activating group) is 1. The lowest BCUT2D eigenvalue weighted by atomic mass is 10.0. The van der Waals surface area contributed by atoms with Crippen LogP contribution in [0.3, 0.4) is 0 Å². The molecule has 0 radical (unpaired) electrons. The van der Waals surface area contributed by atoms with Crippen LogP contribution < -0.4 is 0 Å². The standard InChI is InChI=1S/C15H25N3O3S/c1-4-5-6-7-17-8-9-18(10-15(19)16(2)3)14-12-22(20,21)11-13(14)17/h13-14H,4,7-12H2,1-3H3/t13-,14+/m1/s1. The predicted octanol–water partition coefficient (Wildman–Crippen LogP) is -0.729. The molecule has 0 aromatic heterocycles. The highest BCUT2D eigenvalue weighted by Gasteiger charge is 2.46. The molecule has 2 aliphatic heterocycles. The summed E-state index contributed by atoms with van der Waals surface area (Å²) in [4.78, 5) is 17.7. The van der Waals surface area contributed by atoms with Gasteiger partial charge >= 0.3 is 0 Å². The molecule has 6 nitrogen and oxygen atoms in total. The Bertz CT molecular complexity index is 577. The van der Waals surface area contributed by atoms with Crippen LogP contribution in [0.5, 0.6) is 0 Å². The molecule has 2 heterocycles. The topological polar surface area (TPSA) is 60.9 Å². The number of fused-ring (bicyclic) bond motifs is 1. The van der Waals surface area contributed by atoms with Gasteiger partial charge in [0, 0.05) is 45.7 Å². The third-order valence-corrected chi connectivity index (χ3v) is 6.03. The van der Waals surface area contributed by atoms with Gasteiger partial charge in [-0.1, -0.05) is 12.8 Å². The summed E-state index contributed by atoms with van der Waals surface area (Å²) in [5, 5.41) is 0. The van der Waals surface area contributed by atoms with Gasteiger partial charge in [0.05, 0.1) is 24.6 Å². The minimum atomic E-state index is -3.04. The van der Waals surface area contributed by atoms with Crippen LogP contribution in [0, 0.1) is 11.8 Å². The smallest absolute Gasteiger partial charge is 0.236 e. The van der Waals surface area contributed by atoms with E-state index in [4.69, 9.17) is 0 Å². The van der Waals surface area contributed by atoms with E-state index in [0.29, 0.717) is 13.1 Å². The highest BCUT2D eigenvalue weighted by molar-refractivity contribution is 7.91. The maximum atomic E-state index is 12.1. The van der Waals surface area contributed by atoms with Crippen molar-refractivity contribution in [3.63, 3.8) is 0 Å². The van der Waals surface area contributed by atoms with Crippen LogP contribution in [0.1, 0.15) is 13.3 Å². The van der Waals surface area contributed by atoms with Crippen molar-refractivity contribution in [2.24, 2.45) is 0 Å². The summed E-state index contributed by atoms with van der Waals surface area (Å²) in [6.07, 6.45) is 0.809. The highest BCUT2D eigenvalue weighted by Crippen LogP contribution is 2.26. The molecule has 0 unspecified atom stereocenters. The second-order valence-electron chi connectivity index (χ2n) is 6.15. The monoisotopic (exact) mass is 327 g/mol. The number of nitrogens with zero attached hydrogens (tertiary/aromatic N) is 3. The first-order valence-electron chi connectivity index (χ1n) is 7.68. The molecule has 0 bridgehead atoms. The van der Waals surface area contributed by atoms with Crippen molar-refractivity contribution in [2.75, 3.05) is 51.8 Å². The SMILES string of the molecule is CCC#CCN1CCN(CC(=O)N(C)C)[C@H]2CS(=O)(=O)C[C@H]21. The molecular weight excluding hydrogens is 302 g/mol. The van der Waals surface area contributed by atoms with E-state index < -0.39 is 9.84 Å². The molecule has 2 atom stereocenters. The van der Waals surface area contributed by atoms with E-state index in [1.54, 1.807) is 19.0 Å². The molecule has 0 saturated carbocycles. The molecule has 0 aliphatic carbocycles. The normalized spacial score (nSPS) is 27.8. The van der Waals surface area contributed by atoms with Gasteiger partial charge in [-0.25, -0.2) is 8.42 Å². The molecule has 2 rings (SSSR count). The molecule has 0 aromatic carbocycles. The van der Waals surface area contributed by atoms with Gasteiger partial charge in [-0.05, 0) is 0 Å². The van der Waals surface area contributed by atoms with Crippen LogP contribution in [-0.4, -0.2) is 92.9 Å². The third kappa shape index (κ3) is 4.00. The number of carbonyl (C=O) groups excluding carboxylic acids is 1. The lowest BCUT2D eigenvalue weighted by Gasteiger charge is -2.43. The van der Waals surface area contributed by atoms with Crippen LogP contribution in [0.2, 0.25) is 0 Å². The Labute approximate surface area is 133 Å². The molecule has 2 saturated heterocycles. The van der Waals surface area contributed by atoms with E-state index in [-0.39, 0.29) is 36.0 Å². The Hall–Kier alpha value is -1.10. The largest absolute Gasteiger partial charge is 0.348 e. The van der Waals surface area contributed by atoms with Gasteiger partial charge in [-0.3, -0.25) is 14.6 Å². The number of carbonyl (C=O) groups is 1. The van der Waals surface area contributed by atoms with E-state index in [1.807, 2.05) is 11.8 Å². The first kappa shape index (κ1) is 17.3. The Morgan fingerprint density at radius 1 is 1.14 bits per heavy atom. The second-order valence-corrected chi connectivity index (χ2v) is 8.30. The number of hydrogen-bond acceptors (Lipinski definition) is 5. The summed E-state index contributed by atoms with van der Waals surface area (Å²) >= 11 is 0. The minimum absolute atomic E-state index is 0.0160. The van der Waals surface area contributed by atoms with Crippen molar-refractivity contribution in [1.29, 1.82) is 0 Å². The van der Waals surface area contributed by atoms with Crippen LogP contribution in [0.15, 0.2) is 0 Å². The zero-order valence-corrected chi connectivity index (χ0v) is 14.4. The molecule has 22 heavy (non-hydrogen) atoms. The summed E-state index contributed by atoms with van der Waals surface area (Å²) in [7, 11) is 0.410. The predicted molar refractivity (Wildman–Crippen MR) is 86.1 cm³/mol. The van der Waals surface area contributed by atoms with Crippen LogP contribution in [0.4, 0.5) is 0 Å². The van der Waals surface area contributed by atoms with Crippen molar-refractivity contribution in [1.82, 2.24) is 14.7 Å².